The topological polar surface area (TPSA) is 103 Å². The van der Waals surface area contributed by atoms with E-state index in [1.165, 1.54) is 6.26 Å². The van der Waals surface area contributed by atoms with Crippen molar-refractivity contribution in [3.05, 3.63) is 59.5 Å². The van der Waals surface area contributed by atoms with Crippen LogP contribution in [0.3, 0.4) is 0 Å². The summed E-state index contributed by atoms with van der Waals surface area (Å²) in [5.41, 5.74) is 0.789. The maximum absolute atomic E-state index is 13.2. The van der Waals surface area contributed by atoms with Crippen LogP contribution in [-0.2, 0) is 21.5 Å². The van der Waals surface area contributed by atoms with E-state index < -0.39 is 11.6 Å². The number of nitrogens with zero attached hydrogens (tertiary/aromatic N) is 3. The highest BCUT2D eigenvalue weighted by Gasteiger charge is 2.55. The van der Waals surface area contributed by atoms with Crippen molar-refractivity contribution >= 4 is 23.8 Å². The molecule has 1 spiro atoms. The summed E-state index contributed by atoms with van der Waals surface area (Å²) in [5.74, 6) is -0.631. The summed E-state index contributed by atoms with van der Waals surface area (Å²) in [5, 5.41) is 2.83. The van der Waals surface area contributed by atoms with Gasteiger partial charge >= 0.3 is 6.03 Å². The lowest BCUT2D eigenvalue weighted by atomic mass is 9.92. The van der Waals surface area contributed by atoms with Gasteiger partial charge in [0, 0.05) is 26.2 Å². The number of fused-ring (bicyclic) bond motifs is 2. The molecule has 1 aliphatic carbocycles. The molecule has 3 heterocycles. The lowest BCUT2D eigenvalue weighted by molar-refractivity contribution is -0.140. The van der Waals surface area contributed by atoms with Crippen LogP contribution in [0.4, 0.5) is 4.79 Å². The van der Waals surface area contributed by atoms with Crippen molar-refractivity contribution in [1.29, 1.82) is 0 Å². The van der Waals surface area contributed by atoms with Crippen molar-refractivity contribution < 1.29 is 23.6 Å². The molecule has 2 aromatic rings. The van der Waals surface area contributed by atoms with Gasteiger partial charge in [-0.15, -0.1) is 0 Å². The zero-order chi connectivity index (χ0) is 21.6. The minimum Gasteiger partial charge on any atom is -0.459 e. The van der Waals surface area contributed by atoms with Crippen molar-refractivity contribution in [3.8, 4) is 0 Å². The monoisotopic (exact) mass is 422 g/mol. The third-order valence-corrected chi connectivity index (χ3v) is 6.37. The molecule has 3 aliphatic rings. The number of piperazine rings is 1. The smallest absolute Gasteiger partial charge is 0.325 e. The molecule has 0 saturated carbocycles. The summed E-state index contributed by atoms with van der Waals surface area (Å²) in [7, 11) is 0. The first kappa shape index (κ1) is 19.3. The third kappa shape index (κ3) is 3.08. The highest BCUT2D eigenvalue weighted by Crippen LogP contribution is 2.41. The van der Waals surface area contributed by atoms with Crippen LogP contribution in [0.5, 0.6) is 0 Å². The molecule has 1 aromatic carbocycles. The Morgan fingerprint density at radius 3 is 2.48 bits per heavy atom. The highest BCUT2D eigenvalue weighted by atomic mass is 16.3. The van der Waals surface area contributed by atoms with Crippen molar-refractivity contribution in [2.45, 2.75) is 18.4 Å². The standard InChI is InChI=1S/C22H22N4O5/c27-18(24-9-11-25(12-10-24)19(28)17-6-3-13-31-17)14-26-20(29)22(23-21(26)30)8-7-15-4-1-2-5-16(15)22/h1-6,13H,7-12,14H2,(H,23,30)/t22-/m0/s1. The van der Waals surface area contributed by atoms with Gasteiger partial charge < -0.3 is 19.5 Å². The lowest BCUT2D eigenvalue weighted by Crippen LogP contribution is -2.53. The maximum atomic E-state index is 13.2. The minimum absolute atomic E-state index is 0.215. The van der Waals surface area contributed by atoms with Gasteiger partial charge in [-0.1, -0.05) is 24.3 Å². The molecular formula is C22H22N4O5. The number of carbonyl (C=O) groups is 4. The zero-order valence-corrected chi connectivity index (χ0v) is 16.9. The Labute approximate surface area is 178 Å². The van der Waals surface area contributed by atoms with Gasteiger partial charge in [0.25, 0.3) is 11.8 Å². The van der Waals surface area contributed by atoms with E-state index in [9.17, 15) is 19.2 Å². The Kier molecular flexibility index (Phi) is 4.53. The first-order valence-electron chi connectivity index (χ1n) is 10.3. The Balaban J connectivity index is 1.23. The maximum Gasteiger partial charge on any atom is 0.325 e. The average Bonchev–Trinajstić information content (AvgIpc) is 3.50. The van der Waals surface area contributed by atoms with E-state index in [1.54, 1.807) is 21.9 Å². The van der Waals surface area contributed by atoms with Crippen molar-refractivity contribution in [2.24, 2.45) is 0 Å². The molecule has 1 aromatic heterocycles. The normalized spacial score (nSPS) is 22.8. The number of amides is 5. The molecule has 2 fully saturated rings. The fraction of sp³-hybridized carbons (Fsp3) is 0.364. The predicted octanol–water partition coefficient (Wildman–Crippen LogP) is 0.957. The highest BCUT2D eigenvalue weighted by molar-refractivity contribution is 6.10. The van der Waals surface area contributed by atoms with E-state index in [-0.39, 0.29) is 30.0 Å². The largest absolute Gasteiger partial charge is 0.459 e. The first-order valence-corrected chi connectivity index (χ1v) is 10.3. The fourth-order valence-electron chi connectivity index (χ4n) is 4.68. The third-order valence-electron chi connectivity index (χ3n) is 6.37. The summed E-state index contributed by atoms with van der Waals surface area (Å²) < 4.78 is 5.15. The molecule has 0 radical (unpaired) electrons. The van der Waals surface area contributed by atoms with Crippen LogP contribution in [-0.4, -0.2) is 71.2 Å². The average molecular weight is 422 g/mol. The number of aryl methyl sites for hydroxylation is 1. The number of imide groups is 1. The zero-order valence-electron chi connectivity index (χ0n) is 16.9. The predicted molar refractivity (Wildman–Crippen MR) is 108 cm³/mol. The summed E-state index contributed by atoms with van der Waals surface area (Å²) in [4.78, 5) is 55.2. The van der Waals surface area contributed by atoms with Crippen LogP contribution in [0.25, 0.3) is 0 Å². The molecule has 0 bridgehead atoms. The van der Waals surface area contributed by atoms with Gasteiger partial charge in [0.1, 0.15) is 12.1 Å². The molecule has 31 heavy (non-hydrogen) atoms. The molecule has 0 unspecified atom stereocenters. The lowest BCUT2D eigenvalue weighted by Gasteiger charge is -2.34. The van der Waals surface area contributed by atoms with Crippen LogP contribution in [0.2, 0.25) is 0 Å². The number of rotatable bonds is 3. The van der Waals surface area contributed by atoms with E-state index in [4.69, 9.17) is 4.42 Å². The molecule has 160 valence electrons. The summed E-state index contributed by atoms with van der Waals surface area (Å²) >= 11 is 0. The SMILES string of the molecule is O=C(CN1C(=O)N[C@]2(CCc3ccccc32)C1=O)N1CCN(C(=O)c2ccco2)CC1. The van der Waals surface area contributed by atoms with E-state index in [1.807, 2.05) is 24.3 Å². The van der Waals surface area contributed by atoms with Crippen LogP contribution in [0, 0.1) is 0 Å². The molecular weight excluding hydrogens is 400 g/mol. The Hall–Kier alpha value is -3.62. The van der Waals surface area contributed by atoms with Crippen LogP contribution in [0.15, 0.2) is 47.1 Å². The van der Waals surface area contributed by atoms with Crippen LogP contribution >= 0.6 is 0 Å². The number of carbonyl (C=O) groups excluding carboxylic acids is 4. The molecule has 5 amide bonds. The molecule has 2 saturated heterocycles. The quantitative estimate of drug-likeness (QED) is 0.742. The van der Waals surface area contributed by atoms with E-state index in [0.717, 1.165) is 16.0 Å². The van der Waals surface area contributed by atoms with Gasteiger partial charge in [0.2, 0.25) is 5.91 Å². The number of hydrogen-bond donors (Lipinski definition) is 1. The molecule has 9 nitrogen and oxygen atoms in total. The number of hydrogen-bond acceptors (Lipinski definition) is 5. The van der Waals surface area contributed by atoms with Crippen molar-refractivity contribution in [2.75, 3.05) is 32.7 Å². The molecule has 1 N–H and O–H groups in total. The summed E-state index contributed by atoms with van der Waals surface area (Å²) in [6.07, 6.45) is 2.64. The Bertz CT molecular complexity index is 1060. The Morgan fingerprint density at radius 1 is 1.00 bits per heavy atom. The fourth-order valence-corrected chi connectivity index (χ4v) is 4.68. The molecule has 1 atom stereocenters. The van der Waals surface area contributed by atoms with Gasteiger partial charge in [-0.05, 0) is 36.1 Å². The number of urea groups is 1. The van der Waals surface area contributed by atoms with E-state index in [2.05, 4.69) is 5.32 Å². The van der Waals surface area contributed by atoms with Crippen molar-refractivity contribution in [3.63, 3.8) is 0 Å². The van der Waals surface area contributed by atoms with Gasteiger partial charge in [-0.2, -0.15) is 0 Å². The second kappa shape index (κ2) is 7.26. The molecule has 5 rings (SSSR count). The minimum atomic E-state index is -1.07. The molecule has 2 aliphatic heterocycles. The van der Waals surface area contributed by atoms with Crippen molar-refractivity contribution in [1.82, 2.24) is 20.0 Å². The number of furan rings is 1. The number of nitrogens with one attached hydrogen (secondary N) is 1. The van der Waals surface area contributed by atoms with E-state index in [0.29, 0.717) is 39.0 Å². The first-order chi connectivity index (χ1) is 15.0. The van der Waals surface area contributed by atoms with Gasteiger partial charge in [0.15, 0.2) is 5.76 Å². The second-order valence-electron chi connectivity index (χ2n) is 8.03. The van der Waals surface area contributed by atoms with Gasteiger partial charge in [0.05, 0.1) is 6.26 Å². The summed E-state index contributed by atoms with van der Waals surface area (Å²) in [6, 6.07) is 10.3. The molecule has 9 heteroatoms. The van der Waals surface area contributed by atoms with Crippen LogP contribution in [0.1, 0.15) is 28.1 Å². The second-order valence-corrected chi connectivity index (χ2v) is 8.03. The number of benzene rings is 1. The van der Waals surface area contributed by atoms with Gasteiger partial charge in [-0.3, -0.25) is 19.3 Å². The Morgan fingerprint density at radius 2 is 1.74 bits per heavy atom. The van der Waals surface area contributed by atoms with Crippen LogP contribution < -0.4 is 5.32 Å². The van der Waals surface area contributed by atoms with E-state index >= 15 is 0 Å². The van der Waals surface area contributed by atoms with Gasteiger partial charge in [-0.25, -0.2) is 4.79 Å². The summed E-state index contributed by atoms with van der Waals surface area (Å²) in [6.45, 7) is 1.10.